The molecule has 8 nitrogen and oxygen atoms in total. The van der Waals surface area contributed by atoms with E-state index in [0.29, 0.717) is 12.3 Å². The van der Waals surface area contributed by atoms with Crippen LogP contribution in [-0.2, 0) is 9.53 Å². The van der Waals surface area contributed by atoms with Crippen LogP contribution in [0, 0.1) is 6.92 Å². The van der Waals surface area contributed by atoms with Crippen molar-refractivity contribution in [2.75, 3.05) is 57.4 Å². The minimum atomic E-state index is -0.390. The molecule has 0 aromatic carbocycles. The number of carbonyl (C=O) groups excluding carboxylic acids is 2. The minimum absolute atomic E-state index is 0.0323. The summed E-state index contributed by atoms with van der Waals surface area (Å²) in [7, 11) is 0. The summed E-state index contributed by atoms with van der Waals surface area (Å²) in [5, 5.41) is 3.48. The number of carbonyl (C=O) groups is 2. The second-order valence-electron chi connectivity index (χ2n) is 7.94. The number of thioether (sulfide) groups is 2. The van der Waals surface area contributed by atoms with Gasteiger partial charge in [-0.15, -0.1) is 0 Å². The first-order valence-electron chi connectivity index (χ1n) is 10.6. The fraction of sp³-hybridized carbons (Fsp3) is 0.700. The van der Waals surface area contributed by atoms with Crippen LogP contribution < -0.4 is 5.32 Å². The van der Waals surface area contributed by atoms with Crippen molar-refractivity contribution < 1.29 is 14.3 Å². The van der Waals surface area contributed by atoms with Crippen LogP contribution in [0.15, 0.2) is 11.4 Å². The van der Waals surface area contributed by atoms with Gasteiger partial charge in [-0.05, 0) is 25.3 Å². The molecule has 3 saturated heterocycles. The quantitative estimate of drug-likeness (QED) is 0.517. The Labute approximate surface area is 185 Å². The fourth-order valence-corrected chi connectivity index (χ4v) is 5.74. The minimum Gasteiger partial charge on any atom is -0.379 e. The maximum Gasteiger partial charge on any atom is 0.279 e. The number of hydrogen-bond acceptors (Lipinski definition) is 8. The molecule has 2 amide bonds. The third-order valence-corrected chi connectivity index (χ3v) is 7.54. The van der Waals surface area contributed by atoms with Crippen molar-refractivity contribution in [2.45, 2.75) is 36.9 Å². The Morgan fingerprint density at radius 3 is 2.97 bits per heavy atom. The Balaban J connectivity index is 1.35. The van der Waals surface area contributed by atoms with Gasteiger partial charge in [0.2, 0.25) is 5.91 Å². The molecule has 3 aliphatic heterocycles. The Morgan fingerprint density at radius 1 is 1.37 bits per heavy atom. The van der Waals surface area contributed by atoms with Gasteiger partial charge in [0.15, 0.2) is 5.16 Å². The summed E-state index contributed by atoms with van der Waals surface area (Å²) in [6.07, 6.45) is 3.88. The molecule has 0 spiro atoms. The van der Waals surface area contributed by atoms with E-state index in [1.54, 1.807) is 11.8 Å². The van der Waals surface area contributed by atoms with Crippen LogP contribution in [0.1, 0.15) is 30.0 Å². The normalized spacial score (nSPS) is 25.4. The van der Waals surface area contributed by atoms with Gasteiger partial charge in [-0.3, -0.25) is 14.5 Å². The van der Waals surface area contributed by atoms with E-state index in [0.717, 1.165) is 74.4 Å². The molecule has 10 heteroatoms. The standard InChI is InChI=1S/C20H29N5O3S2/c1-14-11-21-19(29-10-7-24-5-8-28-9-6-24)23-17(14)15-3-2-4-25(12-15)18(26)16-13-30-20(27)22-16/h11,15-16H,2-10,12-13H2,1H3,(H,22,27)/t15?,16-/m0/s1. The van der Waals surface area contributed by atoms with E-state index in [1.807, 2.05) is 18.0 Å². The zero-order valence-electron chi connectivity index (χ0n) is 17.3. The molecule has 1 aromatic rings. The monoisotopic (exact) mass is 451 g/mol. The van der Waals surface area contributed by atoms with E-state index in [-0.39, 0.29) is 23.1 Å². The van der Waals surface area contributed by atoms with E-state index in [4.69, 9.17) is 9.72 Å². The first-order valence-corrected chi connectivity index (χ1v) is 12.6. The Morgan fingerprint density at radius 2 is 2.20 bits per heavy atom. The molecule has 1 N–H and O–H groups in total. The lowest BCUT2D eigenvalue weighted by atomic mass is 9.92. The molecule has 2 atom stereocenters. The number of likely N-dealkylation sites (tertiary alicyclic amines) is 1. The number of nitrogens with zero attached hydrogens (tertiary/aromatic N) is 4. The summed E-state index contributed by atoms with van der Waals surface area (Å²) in [6, 6.07) is -0.390. The van der Waals surface area contributed by atoms with Gasteiger partial charge in [0, 0.05) is 56.3 Å². The summed E-state index contributed by atoms with van der Waals surface area (Å²) < 4.78 is 5.40. The Kier molecular flexibility index (Phi) is 7.50. The van der Waals surface area contributed by atoms with Crippen LogP contribution in [0.5, 0.6) is 0 Å². The molecule has 0 saturated carbocycles. The van der Waals surface area contributed by atoms with E-state index in [1.165, 1.54) is 11.8 Å². The summed E-state index contributed by atoms with van der Waals surface area (Å²) in [5.74, 6) is 1.73. The van der Waals surface area contributed by atoms with Gasteiger partial charge in [-0.1, -0.05) is 23.5 Å². The third-order valence-electron chi connectivity index (χ3n) is 5.82. The van der Waals surface area contributed by atoms with Crippen molar-refractivity contribution in [3.05, 3.63) is 17.5 Å². The van der Waals surface area contributed by atoms with Gasteiger partial charge in [0.25, 0.3) is 5.24 Å². The van der Waals surface area contributed by atoms with Gasteiger partial charge in [0.1, 0.15) is 6.04 Å². The van der Waals surface area contributed by atoms with Gasteiger partial charge >= 0.3 is 0 Å². The highest BCUT2D eigenvalue weighted by Gasteiger charge is 2.34. The van der Waals surface area contributed by atoms with Crippen LogP contribution in [0.4, 0.5) is 4.79 Å². The average Bonchev–Trinajstić information content (AvgIpc) is 3.21. The number of piperidine rings is 1. The highest BCUT2D eigenvalue weighted by molar-refractivity contribution is 8.14. The molecule has 30 heavy (non-hydrogen) atoms. The fourth-order valence-electron chi connectivity index (χ4n) is 4.15. The van der Waals surface area contributed by atoms with Crippen molar-refractivity contribution in [3.8, 4) is 0 Å². The second-order valence-corrected chi connectivity index (χ2v) is 10.00. The number of ether oxygens (including phenoxy) is 1. The predicted molar refractivity (Wildman–Crippen MR) is 118 cm³/mol. The van der Waals surface area contributed by atoms with Crippen molar-refractivity contribution in [1.82, 2.24) is 25.1 Å². The van der Waals surface area contributed by atoms with Crippen LogP contribution in [-0.4, -0.2) is 94.4 Å². The van der Waals surface area contributed by atoms with Crippen LogP contribution in [0.25, 0.3) is 0 Å². The van der Waals surface area contributed by atoms with Crippen molar-refractivity contribution >= 4 is 34.7 Å². The first kappa shape index (κ1) is 21.9. The van der Waals surface area contributed by atoms with E-state index >= 15 is 0 Å². The van der Waals surface area contributed by atoms with E-state index in [2.05, 4.69) is 15.2 Å². The molecule has 1 aromatic heterocycles. The lowest BCUT2D eigenvalue weighted by Gasteiger charge is -2.34. The van der Waals surface area contributed by atoms with Crippen molar-refractivity contribution in [1.29, 1.82) is 0 Å². The summed E-state index contributed by atoms with van der Waals surface area (Å²) >= 11 is 2.88. The average molecular weight is 452 g/mol. The second kappa shape index (κ2) is 10.3. The summed E-state index contributed by atoms with van der Waals surface area (Å²) in [5.41, 5.74) is 2.14. The van der Waals surface area contributed by atoms with Crippen LogP contribution >= 0.6 is 23.5 Å². The highest BCUT2D eigenvalue weighted by Crippen LogP contribution is 2.30. The summed E-state index contributed by atoms with van der Waals surface area (Å²) in [4.78, 5) is 38.0. The number of rotatable bonds is 6. The molecule has 3 fully saturated rings. The van der Waals surface area contributed by atoms with Gasteiger partial charge < -0.3 is 15.0 Å². The Hall–Kier alpha value is -1.36. The Bertz CT molecular complexity index is 775. The molecule has 0 radical (unpaired) electrons. The van der Waals surface area contributed by atoms with Crippen molar-refractivity contribution in [2.24, 2.45) is 0 Å². The SMILES string of the molecule is Cc1cnc(SCCN2CCOCC2)nc1C1CCCN(C(=O)[C@@H]2CSC(=O)N2)C1. The lowest BCUT2D eigenvalue weighted by molar-refractivity contribution is -0.133. The molecule has 4 heterocycles. The molecule has 4 rings (SSSR count). The first-order chi connectivity index (χ1) is 14.6. The maximum atomic E-state index is 12.8. The largest absolute Gasteiger partial charge is 0.379 e. The number of morpholine rings is 1. The van der Waals surface area contributed by atoms with Crippen molar-refractivity contribution in [3.63, 3.8) is 0 Å². The number of hydrogen-bond donors (Lipinski definition) is 1. The number of amides is 2. The maximum absolute atomic E-state index is 12.8. The number of aryl methyl sites for hydroxylation is 1. The molecule has 0 aliphatic carbocycles. The van der Waals surface area contributed by atoms with Gasteiger partial charge in [-0.25, -0.2) is 9.97 Å². The lowest BCUT2D eigenvalue weighted by Crippen LogP contribution is -2.49. The molecular formula is C20H29N5O3S2. The highest BCUT2D eigenvalue weighted by atomic mass is 32.2. The molecular weight excluding hydrogens is 422 g/mol. The predicted octanol–water partition coefficient (Wildman–Crippen LogP) is 1.74. The van der Waals surface area contributed by atoms with E-state index in [9.17, 15) is 9.59 Å². The molecule has 164 valence electrons. The smallest absolute Gasteiger partial charge is 0.279 e. The molecule has 0 bridgehead atoms. The zero-order valence-corrected chi connectivity index (χ0v) is 19.0. The molecule has 1 unspecified atom stereocenters. The topological polar surface area (TPSA) is 87.7 Å². The van der Waals surface area contributed by atoms with E-state index < -0.39 is 0 Å². The van der Waals surface area contributed by atoms with Crippen LogP contribution in [0.2, 0.25) is 0 Å². The number of nitrogens with one attached hydrogen (secondary N) is 1. The van der Waals surface area contributed by atoms with Gasteiger partial charge in [0.05, 0.1) is 18.9 Å². The number of aromatic nitrogens is 2. The molecule has 3 aliphatic rings. The summed E-state index contributed by atoms with van der Waals surface area (Å²) in [6.45, 7) is 8.08. The van der Waals surface area contributed by atoms with Crippen LogP contribution in [0.3, 0.4) is 0 Å². The third kappa shape index (κ3) is 5.46. The van der Waals surface area contributed by atoms with Gasteiger partial charge in [-0.2, -0.15) is 0 Å². The zero-order chi connectivity index (χ0) is 20.9.